The van der Waals surface area contributed by atoms with Gasteiger partial charge in [-0.3, -0.25) is 9.59 Å². The summed E-state index contributed by atoms with van der Waals surface area (Å²) >= 11 is 0. The zero-order valence-electron chi connectivity index (χ0n) is 14.8. The highest BCUT2D eigenvalue weighted by Crippen LogP contribution is 2.35. The van der Waals surface area contributed by atoms with Crippen LogP contribution < -0.4 is 9.64 Å². The summed E-state index contributed by atoms with van der Waals surface area (Å²) in [7, 11) is 1.75. The molecule has 4 nitrogen and oxygen atoms in total. The van der Waals surface area contributed by atoms with Gasteiger partial charge in [-0.15, -0.1) is 0 Å². The summed E-state index contributed by atoms with van der Waals surface area (Å²) in [6.07, 6.45) is 0. The summed E-state index contributed by atoms with van der Waals surface area (Å²) in [6.45, 7) is 6.95. The van der Waals surface area contributed by atoms with Gasteiger partial charge in [0.25, 0.3) is 0 Å². The Labute approximate surface area is 143 Å². The van der Waals surface area contributed by atoms with E-state index in [-0.39, 0.29) is 17.8 Å². The lowest BCUT2D eigenvalue weighted by atomic mass is 10.0. The first-order chi connectivity index (χ1) is 11.3. The number of ether oxygens (including phenoxy) is 1. The molecule has 126 valence electrons. The third kappa shape index (κ3) is 3.82. The second-order valence-corrected chi connectivity index (χ2v) is 6.13. The van der Waals surface area contributed by atoms with Crippen LogP contribution in [0.2, 0.25) is 0 Å². The van der Waals surface area contributed by atoms with Crippen molar-refractivity contribution in [2.75, 3.05) is 11.9 Å². The van der Waals surface area contributed by atoms with Crippen LogP contribution in [0.3, 0.4) is 0 Å². The molecule has 4 heteroatoms. The van der Waals surface area contributed by atoms with Crippen LogP contribution in [0, 0.1) is 12.8 Å². The topological polar surface area (TPSA) is 46.6 Å². The quantitative estimate of drug-likeness (QED) is 0.625. The Morgan fingerprint density at radius 2 is 1.67 bits per heavy atom. The number of amides is 1. The molecule has 2 aromatic rings. The zero-order chi connectivity index (χ0) is 17.9. The predicted octanol–water partition coefficient (Wildman–Crippen LogP) is 4.21. The minimum Gasteiger partial charge on any atom is -0.426 e. The SMILES string of the molecule is CC(=O)Oc1cc(-c2ccccc2)cc(N(C)C(=O)C(C)C)c1C. The molecule has 24 heavy (non-hydrogen) atoms. The van der Waals surface area contributed by atoms with Crippen molar-refractivity contribution in [3.05, 3.63) is 48.0 Å². The maximum atomic E-state index is 12.4. The number of carbonyl (C=O) groups excluding carboxylic acids is 2. The first-order valence-electron chi connectivity index (χ1n) is 7.97. The van der Waals surface area contributed by atoms with Gasteiger partial charge in [-0.05, 0) is 30.2 Å². The standard InChI is InChI=1S/C20H23NO3/c1-13(2)20(23)21(5)18-11-17(16-9-7-6-8-10-16)12-19(14(18)3)24-15(4)22/h6-13H,1-5H3. The van der Waals surface area contributed by atoms with E-state index >= 15 is 0 Å². The first kappa shape index (κ1) is 17.7. The molecule has 0 atom stereocenters. The Morgan fingerprint density at radius 1 is 1.04 bits per heavy atom. The fourth-order valence-corrected chi connectivity index (χ4v) is 2.59. The number of nitrogens with zero attached hydrogens (tertiary/aromatic N) is 1. The van der Waals surface area contributed by atoms with Gasteiger partial charge in [0.2, 0.25) is 5.91 Å². The van der Waals surface area contributed by atoms with Crippen LogP contribution in [-0.4, -0.2) is 18.9 Å². The van der Waals surface area contributed by atoms with Crippen molar-refractivity contribution >= 4 is 17.6 Å². The van der Waals surface area contributed by atoms with Gasteiger partial charge in [-0.2, -0.15) is 0 Å². The number of benzene rings is 2. The van der Waals surface area contributed by atoms with Crippen molar-refractivity contribution < 1.29 is 14.3 Å². The van der Waals surface area contributed by atoms with Gasteiger partial charge < -0.3 is 9.64 Å². The van der Waals surface area contributed by atoms with Crippen LogP contribution in [0.15, 0.2) is 42.5 Å². The Hall–Kier alpha value is -2.62. The summed E-state index contributed by atoms with van der Waals surface area (Å²) in [6, 6.07) is 13.6. The number of esters is 1. The number of hydrogen-bond acceptors (Lipinski definition) is 3. The molecule has 2 aromatic carbocycles. The zero-order valence-corrected chi connectivity index (χ0v) is 14.8. The highest BCUT2D eigenvalue weighted by Gasteiger charge is 2.20. The molecule has 0 N–H and O–H groups in total. The Bertz CT molecular complexity index is 751. The highest BCUT2D eigenvalue weighted by molar-refractivity contribution is 5.96. The highest BCUT2D eigenvalue weighted by atomic mass is 16.5. The molecule has 1 amide bonds. The average Bonchev–Trinajstić information content (AvgIpc) is 2.55. The van der Waals surface area contributed by atoms with E-state index in [9.17, 15) is 9.59 Å². The van der Waals surface area contributed by atoms with Crippen molar-refractivity contribution in [3.63, 3.8) is 0 Å². The lowest BCUT2D eigenvalue weighted by Crippen LogP contribution is -2.31. The van der Waals surface area contributed by atoms with E-state index in [1.807, 2.05) is 63.2 Å². The normalized spacial score (nSPS) is 10.6. The van der Waals surface area contributed by atoms with E-state index in [0.717, 1.165) is 22.4 Å². The summed E-state index contributed by atoms with van der Waals surface area (Å²) in [5.74, 6) is -0.0154. The molecule has 2 rings (SSSR count). The minimum absolute atomic E-state index is 0.0112. The van der Waals surface area contributed by atoms with Gasteiger partial charge in [0, 0.05) is 25.5 Å². The number of anilines is 1. The van der Waals surface area contributed by atoms with Crippen LogP contribution in [0.1, 0.15) is 26.3 Å². The lowest BCUT2D eigenvalue weighted by Gasteiger charge is -2.24. The smallest absolute Gasteiger partial charge is 0.308 e. The summed E-state index contributed by atoms with van der Waals surface area (Å²) < 4.78 is 5.36. The molecule has 0 aliphatic carbocycles. The maximum absolute atomic E-state index is 12.4. The number of carbonyl (C=O) groups is 2. The molecule has 0 heterocycles. The molecule has 0 unspecified atom stereocenters. The third-order valence-electron chi connectivity index (χ3n) is 3.88. The monoisotopic (exact) mass is 325 g/mol. The Balaban J connectivity index is 2.60. The van der Waals surface area contributed by atoms with Gasteiger partial charge in [-0.25, -0.2) is 0 Å². The second kappa shape index (κ2) is 7.30. The van der Waals surface area contributed by atoms with E-state index in [2.05, 4.69) is 0 Å². The van der Waals surface area contributed by atoms with E-state index in [4.69, 9.17) is 4.74 Å². The van der Waals surface area contributed by atoms with Crippen molar-refractivity contribution in [3.8, 4) is 16.9 Å². The third-order valence-corrected chi connectivity index (χ3v) is 3.88. The number of rotatable bonds is 4. The van der Waals surface area contributed by atoms with Gasteiger partial charge in [0.15, 0.2) is 0 Å². The van der Waals surface area contributed by atoms with Crippen molar-refractivity contribution in [1.29, 1.82) is 0 Å². The molecular weight excluding hydrogens is 302 g/mol. The second-order valence-electron chi connectivity index (χ2n) is 6.13. The van der Waals surface area contributed by atoms with Crippen molar-refractivity contribution in [2.24, 2.45) is 5.92 Å². The van der Waals surface area contributed by atoms with E-state index in [1.54, 1.807) is 11.9 Å². The van der Waals surface area contributed by atoms with E-state index in [1.165, 1.54) is 6.92 Å². The van der Waals surface area contributed by atoms with Crippen LogP contribution in [0.4, 0.5) is 5.69 Å². The van der Waals surface area contributed by atoms with Crippen molar-refractivity contribution in [1.82, 2.24) is 0 Å². The molecule has 0 aliphatic rings. The van der Waals surface area contributed by atoms with Gasteiger partial charge in [0.05, 0.1) is 5.69 Å². The van der Waals surface area contributed by atoms with Crippen LogP contribution >= 0.6 is 0 Å². The molecule has 0 saturated heterocycles. The summed E-state index contributed by atoms with van der Waals surface area (Å²) in [5, 5.41) is 0. The molecule has 0 radical (unpaired) electrons. The lowest BCUT2D eigenvalue weighted by molar-refractivity contribution is -0.131. The van der Waals surface area contributed by atoms with E-state index in [0.29, 0.717) is 5.75 Å². The van der Waals surface area contributed by atoms with Crippen LogP contribution in [-0.2, 0) is 9.59 Å². The van der Waals surface area contributed by atoms with Crippen LogP contribution in [0.5, 0.6) is 5.75 Å². The minimum atomic E-state index is -0.382. The molecular formula is C20H23NO3. The maximum Gasteiger partial charge on any atom is 0.308 e. The first-order valence-corrected chi connectivity index (χ1v) is 7.97. The fourth-order valence-electron chi connectivity index (χ4n) is 2.59. The van der Waals surface area contributed by atoms with Crippen LogP contribution in [0.25, 0.3) is 11.1 Å². The van der Waals surface area contributed by atoms with E-state index < -0.39 is 0 Å². The van der Waals surface area contributed by atoms with Gasteiger partial charge >= 0.3 is 5.97 Å². The average molecular weight is 325 g/mol. The van der Waals surface area contributed by atoms with Crippen molar-refractivity contribution in [2.45, 2.75) is 27.7 Å². The summed E-state index contributed by atoms with van der Waals surface area (Å²) in [5.41, 5.74) is 3.40. The number of hydrogen-bond donors (Lipinski definition) is 0. The predicted molar refractivity (Wildman–Crippen MR) is 96.2 cm³/mol. The largest absolute Gasteiger partial charge is 0.426 e. The molecule has 0 aromatic heterocycles. The van der Waals surface area contributed by atoms with Gasteiger partial charge in [-0.1, -0.05) is 44.2 Å². The molecule has 0 spiro atoms. The molecule has 0 bridgehead atoms. The van der Waals surface area contributed by atoms with Gasteiger partial charge in [0.1, 0.15) is 5.75 Å². The fraction of sp³-hybridized carbons (Fsp3) is 0.300. The molecule has 0 fully saturated rings. The Kier molecular flexibility index (Phi) is 5.39. The molecule has 0 aliphatic heterocycles. The summed E-state index contributed by atoms with van der Waals surface area (Å²) in [4.78, 5) is 25.5. The Morgan fingerprint density at radius 3 is 2.21 bits per heavy atom. The molecule has 0 saturated carbocycles.